The second-order valence-corrected chi connectivity index (χ2v) is 19.1. The van der Waals surface area contributed by atoms with E-state index in [2.05, 4.69) is 30.8 Å². The molecule has 2 unspecified atom stereocenters. The van der Waals surface area contributed by atoms with Gasteiger partial charge in [-0.3, -0.25) is 38.1 Å². The van der Waals surface area contributed by atoms with Gasteiger partial charge in [-0.1, -0.05) is 13.0 Å². The van der Waals surface area contributed by atoms with Crippen LogP contribution in [0.25, 0.3) is 0 Å². The molecule has 3 aliphatic rings. The fourth-order valence-electron chi connectivity index (χ4n) is 7.89. The summed E-state index contributed by atoms with van der Waals surface area (Å²) in [6.45, 7) is 5.16. The van der Waals surface area contributed by atoms with Crippen LogP contribution in [0.3, 0.4) is 0 Å². The number of hydrogen-bond donors (Lipinski definition) is 14. The number of aliphatic hydroxyl groups is 6. The fourth-order valence-corrected chi connectivity index (χ4v) is 8.25. The summed E-state index contributed by atoms with van der Waals surface area (Å²) in [6, 6.07) is -9.24. The molecular formula is C40H59N7O21S. The molecule has 0 aliphatic carbocycles. The first-order chi connectivity index (χ1) is 31.9. The van der Waals surface area contributed by atoms with Gasteiger partial charge >= 0.3 is 22.5 Å². The van der Waals surface area contributed by atoms with Crippen molar-refractivity contribution < 1.29 is 101 Å². The molecule has 0 bridgehead atoms. The van der Waals surface area contributed by atoms with Crippen molar-refractivity contribution in [1.82, 2.24) is 36.4 Å². The highest BCUT2D eigenvalue weighted by atomic mass is 32.3. The summed E-state index contributed by atoms with van der Waals surface area (Å²) < 4.78 is 41.6. The lowest BCUT2D eigenvalue weighted by Gasteiger charge is -2.33. The van der Waals surface area contributed by atoms with Gasteiger partial charge in [0.25, 0.3) is 0 Å². The molecular weight excluding hydrogens is 947 g/mol. The van der Waals surface area contributed by atoms with Crippen LogP contribution in [0.4, 0.5) is 4.79 Å². The Morgan fingerprint density at radius 3 is 2.04 bits per heavy atom. The van der Waals surface area contributed by atoms with Crippen LogP contribution >= 0.6 is 0 Å². The van der Waals surface area contributed by atoms with Crippen molar-refractivity contribution in [3.05, 3.63) is 23.8 Å². The quantitative estimate of drug-likeness (QED) is 0.0971. The number of fused-ring (bicyclic) bond motifs is 2. The van der Waals surface area contributed by atoms with E-state index in [1.807, 2.05) is 0 Å². The third-order valence-corrected chi connectivity index (χ3v) is 11.6. The van der Waals surface area contributed by atoms with Gasteiger partial charge in [0, 0.05) is 44.8 Å². The lowest BCUT2D eigenvalue weighted by molar-refractivity contribution is -0.149. The molecule has 0 aromatic heterocycles. The third-order valence-electron chi connectivity index (χ3n) is 11.2. The first-order valence-electron chi connectivity index (χ1n) is 21.5. The zero-order valence-corrected chi connectivity index (χ0v) is 38.7. The second-order valence-electron chi connectivity index (χ2n) is 18.1. The molecule has 3 heterocycles. The molecule has 386 valence electrons. The summed E-state index contributed by atoms with van der Waals surface area (Å²) in [6.07, 6.45) is -15.6. The van der Waals surface area contributed by atoms with Crippen LogP contribution in [0.1, 0.15) is 59.4 Å². The van der Waals surface area contributed by atoms with Crippen LogP contribution in [-0.2, 0) is 55.1 Å². The number of aliphatic carboxylic acids is 1. The normalized spacial score (nSPS) is 29.4. The number of benzene rings is 1. The fraction of sp³-hybridized carbons (Fsp3) is 0.650. The number of carbonyl (C=O) groups is 8. The highest BCUT2D eigenvalue weighted by molar-refractivity contribution is 7.81. The topological polar surface area (TPSA) is 438 Å². The van der Waals surface area contributed by atoms with E-state index in [4.69, 9.17) is 4.74 Å². The van der Waals surface area contributed by atoms with Crippen LogP contribution in [-0.4, -0.2) is 209 Å². The average molecular weight is 1010 g/mol. The lowest BCUT2D eigenvalue weighted by Crippen LogP contribution is -2.64. The van der Waals surface area contributed by atoms with Crippen molar-refractivity contribution in [2.45, 2.75) is 139 Å². The number of ether oxygens (including phenoxy) is 1. The van der Waals surface area contributed by atoms with Crippen molar-refractivity contribution in [1.29, 1.82) is 0 Å². The van der Waals surface area contributed by atoms with Gasteiger partial charge in [-0.2, -0.15) is 8.42 Å². The number of carbonyl (C=O) groups excluding carboxylic acids is 7. The Labute approximate surface area is 394 Å². The van der Waals surface area contributed by atoms with E-state index in [1.165, 1.54) is 27.7 Å². The monoisotopic (exact) mass is 1010 g/mol. The third kappa shape index (κ3) is 15.0. The van der Waals surface area contributed by atoms with Crippen molar-refractivity contribution in [3.8, 4) is 11.5 Å². The molecule has 4 rings (SSSR count). The minimum absolute atomic E-state index is 0.149. The number of aliphatic hydroxyl groups excluding tert-OH is 6. The largest absolute Gasteiger partial charge is 0.504 e. The van der Waals surface area contributed by atoms with Gasteiger partial charge in [0.1, 0.15) is 41.9 Å². The summed E-state index contributed by atoms with van der Waals surface area (Å²) in [5.74, 6) is -12.0. The van der Waals surface area contributed by atoms with Gasteiger partial charge in [0.05, 0.1) is 43.0 Å². The van der Waals surface area contributed by atoms with E-state index in [9.17, 15) is 92.2 Å². The number of nitrogens with one attached hydrogen (secondary N) is 5. The molecule has 1 aromatic carbocycles. The van der Waals surface area contributed by atoms with Crippen molar-refractivity contribution in [2.24, 2.45) is 5.92 Å². The minimum atomic E-state index is -5.23. The standard InChI is InChI=1S/C40H59N7O21S/c1-16-14-47-31(32(16)56)36(60)41-13-19(49)10-21(42-39(63)67-40(3,4)5)33(57)43-28(17(2)48)37(61)46-15-20(50)11-22(46)34(58)44-29(35(59)45-30(38(47)62)25(53)12-27(54)55)24(52)8-18-6-7-23(51)26(9-18)68-69(64,65)66/h6-7,9,16-17,19-22,24-25,28-32,48-53,56H,8,10-15H2,1-5H3,(H,41,60)(H,42,63)(H,43,57)(H,44,58)(H,45,59)(H,54,55)(H,64,65,66)/t16-,17+,19+,20+,21?,22-,24+,25+,28?,29-,30-,31-,32-/m0/s1. The smallest absolute Gasteiger partial charge is 0.446 e. The molecule has 3 fully saturated rings. The van der Waals surface area contributed by atoms with Gasteiger partial charge in [-0.25, -0.2) is 4.79 Å². The van der Waals surface area contributed by atoms with Gasteiger partial charge in [0.2, 0.25) is 35.4 Å². The predicted molar refractivity (Wildman–Crippen MR) is 229 cm³/mol. The lowest BCUT2D eigenvalue weighted by atomic mass is 9.98. The maximum absolute atomic E-state index is 14.4. The number of nitrogens with zero attached hydrogens (tertiary/aromatic N) is 2. The van der Waals surface area contributed by atoms with Gasteiger partial charge in [0.15, 0.2) is 11.5 Å². The number of carboxylic acids is 1. The maximum atomic E-state index is 14.4. The highest BCUT2D eigenvalue weighted by Crippen LogP contribution is 2.30. The molecule has 13 atom stereocenters. The van der Waals surface area contributed by atoms with Crippen LogP contribution in [0, 0.1) is 5.92 Å². The number of hydrogen-bond acceptors (Lipinski definition) is 19. The Balaban J connectivity index is 1.86. The van der Waals surface area contributed by atoms with E-state index in [1.54, 1.807) is 0 Å². The average Bonchev–Trinajstić information content (AvgIpc) is 3.76. The Morgan fingerprint density at radius 1 is 0.841 bits per heavy atom. The summed E-state index contributed by atoms with van der Waals surface area (Å²) in [4.78, 5) is 111. The molecule has 69 heavy (non-hydrogen) atoms. The molecule has 1 aromatic rings. The van der Waals surface area contributed by atoms with E-state index in [0.717, 1.165) is 25.1 Å². The van der Waals surface area contributed by atoms with Crippen molar-refractivity contribution in [3.63, 3.8) is 0 Å². The number of phenols is 1. The number of aromatic hydroxyl groups is 1. The van der Waals surface area contributed by atoms with Crippen LogP contribution < -0.4 is 30.8 Å². The molecule has 14 N–H and O–H groups in total. The van der Waals surface area contributed by atoms with Crippen LogP contribution in [0.2, 0.25) is 0 Å². The number of amides is 7. The summed E-state index contributed by atoms with van der Waals surface area (Å²) in [5.41, 5.74) is -1.26. The van der Waals surface area contributed by atoms with Crippen LogP contribution in [0.5, 0.6) is 11.5 Å². The van der Waals surface area contributed by atoms with Crippen LogP contribution in [0.15, 0.2) is 18.2 Å². The number of β-amino-alcohol motifs (C(OH)–C–C–N with tert-alkyl or cyclic N) is 1. The number of carboxylic acid groups (broad SMARTS) is 1. The number of alkyl carbamates (subject to hydrolysis) is 1. The Morgan fingerprint density at radius 2 is 1.45 bits per heavy atom. The van der Waals surface area contributed by atoms with Gasteiger partial charge < -0.3 is 86.2 Å². The van der Waals surface area contributed by atoms with Crippen molar-refractivity contribution >= 4 is 57.9 Å². The summed E-state index contributed by atoms with van der Waals surface area (Å²) in [7, 11) is -5.23. The molecule has 28 nitrogen and oxygen atoms in total. The molecule has 29 heteroatoms. The Hall–Kier alpha value is -5.95. The zero-order chi connectivity index (χ0) is 52.0. The van der Waals surface area contributed by atoms with Gasteiger partial charge in [-0.05, 0) is 45.4 Å². The SMILES string of the molecule is C[C@@H](O)C1NC(=O)C(NC(=O)OC(C)(C)C)C[C@@H](O)CNC(=O)[C@@H]2[C@@H](O)[C@@H](C)CN2C(=O)[C@H]([C@H](O)CC(=O)O)NC(=O)[C@H]([C@H](O)Cc2ccc(O)c(OS(=O)(=O)O)c2)NC(=O)[C@@H]2C[C@@H](O)CN2C1=O. The Kier molecular flexibility index (Phi) is 18.3. The minimum Gasteiger partial charge on any atom is -0.504 e. The molecule has 3 saturated heterocycles. The van der Waals surface area contributed by atoms with E-state index >= 15 is 0 Å². The predicted octanol–water partition coefficient (Wildman–Crippen LogP) is -5.91. The molecule has 0 radical (unpaired) electrons. The van der Waals surface area contributed by atoms with E-state index in [0.29, 0.717) is 9.80 Å². The summed E-state index contributed by atoms with van der Waals surface area (Å²) >= 11 is 0. The first-order valence-corrected chi connectivity index (χ1v) is 22.8. The first kappa shape index (κ1) is 55.6. The molecule has 3 aliphatic heterocycles. The molecule has 0 spiro atoms. The van der Waals surface area contributed by atoms with E-state index in [-0.39, 0.29) is 5.56 Å². The van der Waals surface area contributed by atoms with Crippen molar-refractivity contribution in [2.75, 3.05) is 19.6 Å². The van der Waals surface area contributed by atoms with E-state index < -0.39 is 199 Å². The summed E-state index contributed by atoms with van der Waals surface area (Å²) in [5, 5.41) is 97.4. The molecule has 7 amide bonds. The number of rotatable bonds is 10. The zero-order valence-electron chi connectivity index (χ0n) is 37.9. The molecule has 0 saturated carbocycles. The highest BCUT2D eigenvalue weighted by Gasteiger charge is 2.50. The maximum Gasteiger partial charge on any atom is 0.446 e. The number of phenolic OH excluding ortho intramolecular Hbond substituents is 1. The second kappa shape index (κ2) is 22.6. The van der Waals surface area contributed by atoms with Gasteiger partial charge in [-0.15, -0.1) is 0 Å². The Bertz CT molecular complexity index is 2230.